The molecule has 186 valence electrons. The highest BCUT2D eigenvalue weighted by Crippen LogP contribution is 2.30. The molecule has 0 bridgehead atoms. The summed E-state index contributed by atoms with van der Waals surface area (Å²) in [5, 5.41) is 23.6. The Morgan fingerprint density at radius 3 is 2.70 bits per heavy atom. The molecular weight excluding hydrogens is 418 g/mol. The van der Waals surface area contributed by atoms with Crippen molar-refractivity contribution >= 4 is 5.91 Å². The molecule has 4 rings (SSSR count). The zero-order chi connectivity index (χ0) is 23.0. The van der Waals surface area contributed by atoms with Crippen LogP contribution in [-0.4, -0.2) is 63.2 Å². The number of methoxy groups -OCH3 is 1. The van der Waals surface area contributed by atoms with E-state index >= 15 is 0 Å². The Morgan fingerprint density at radius 1 is 1.09 bits per heavy atom. The van der Waals surface area contributed by atoms with Gasteiger partial charge in [0.15, 0.2) is 0 Å². The summed E-state index contributed by atoms with van der Waals surface area (Å²) in [5.41, 5.74) is 6.81. The van der Waals surface area contributed by atoms with Crippen molar-refractivity contribution < 1.29 is 9.53 Å². The maximum absolute atomic E-state index is 13.1. The monoisotopic (exact) mass is 461 g/mol. The Labute approximate surface area is 198 Å². The standard InChI is InChI=1S/C24H43N7O2/c1-33-21-8-3-2-7-19(21)20(14-25)28-24(32)17-5-4-6-18(13-17)27-15-22-29-23(31-30-22)16-9-11-26-12-10-16/h16-23,26-27,29-31H,2-13,15H2,1H3,(H,28,32)/t17?,18?,19?,20-,21?,22?,23?/m1/s1. The third-order valence-corrected chi connectivity index (χ3v) is 8.23. The summed E-state index contributed by atoms with van der Waals surface area (Å²) in [7, 11) is 1.72. The first-order valence-electron chi connectivity index (χ1n) is 13.1. The van der Waals surface area contributed by atoms with Crippen LogP contribution < -0.4 is 32.1 Å². The second kappa shape index (κ2) is 12.4. The van der Waals surface area contributed by atoms with Crippen LogP contribution in [0.15, 0.2) is 0 Å². The average Bonchev–Trinajstić information content (AvgIpc) is 3.36. The number of nitriles is 1. The van der Waals surface area contributed by atoms with E-state index in [4.69, 9.17) is 4.74 Å². The molecule has 0 spiro atoms. The first kappa shape index (κ1) is 24.8. The van der Waals surface area contributed by atoms with Crippen molar-refractivity contribution in [2.24, 2.45) is 17.8 Å². The third kappa shape index (κ3) is 6.65. The summed E-state index contributed by atoms with van der Waals surface area (Å²) in [6, 6.07) is 2.23. The number of nitrogens with one attached hydrogen (secondary N) is 6. The SMILES string of the molecule is COC1CCCCC1[C@@H](C#N)NC(=O)C1CCCC(NCC2NNC(C3CCNCC3)N2)C1. The second-order valence-electron chi connectivity index (χ2n) is 10.4. The van der Waals surface area contributed by atoms with Crippen LogP contribution in [0, 0.1) is 29.1 Å². The molecule has 2 saturated heterocycles. The van der Waals surface area contributed by atoms with E-state index in [0.29, 0.717) is 18.1 Å². The third-order valence-electron chi connectivity index (χ3n) is 8.23. The average molecular weight is 462 g/mol. The molecule has 6 N–H and O–H groups in total. The quantitative estimate of drug-likeness (QED) is 0.312. The van der Waals surface area contributed by atoms with Crippen LogP contribution in [0.5, 0.6) is 0 Å². The molecule has 0 aromatic carbocycles. The van der Waals surface area contributed by atoms with E-state index in [1.807, 2.05) is 0 Å². The fraction of sp³-hybridized carbons (Fsp3) is 0.917. The van der Waals surface area contributed by atoms with Gasteiger partial charge in [-0.2, -0.15) is 5.26 Å². The molecular formula is C24H43N7O2. The largest absolute Gasteiger partial charge is 0.381 e. The van der Waals surface area contributed by atoms with Gasteiger partial charge in [-0.3, -0.25) is 10.1 Å². The Balaban J connectivity index is 1.21. The van der Waals surface area contributed by atoms with E-state index < -0.39 is 6.04 Å². The fourth-order valence-corrected chi connectivity index (χ4v) is 6.24. The van der Waals surface area contributed by atoms with Gasteiger partial charge in [0.05, 0.1) is 24.5 Å². The predicted molar refractivity (Wildman–Crippen MR) is 127 cm³/mol. The molecule has 2 heterocycles. The molecule has 2 aliphatic carbocycles. The van der Waals surface area contributed by atoms with Gasteiger partial charge in [-0.05, 0) is 64.0 Å². The Hall–Kier alpha value is -1.28. The van der Waals surface area contributed by atoms with Crippen LogP contribution in [0.4, 0.5) is 0 Å². The molecule has 4 aliphatic rings. The second-order valence-corrected chi connectivity index (χ2v) is 10.4. The van der Waals surface area contributed by atoms with Crippen molar-refractivity contribution in [3.63, 3.8) is 0 Å². The minimum Gasteiger partial charge on any atom is -0.381 e. The van der Waals surface area contributed by atoms with Gasteiger partial charge in [-0.15, -0.1) is 0 Å². The maximum atomic E-state index is 13.1. The van der Waals surface area contributed by atoms with Crippen LogP contribution in [0.2, 0.25) is 0 Å². The van der Waals surface area contributed by atoms with Crippen LogP contribution in [0.3, 0.4) is 0 Å². The number of carbonyl (C=O) groups is 1. The molecule has 6 unspecified atom stereocenters. The van der Waals surface area contributed by atoms with Crippen molar-refractivity contribution in [3.8, 4) is 6.07 Å². The predicted octanol–water partition coefficient (Wildman–Crippen LogP) is 0.698. The lowest BCUT2D eigenvalue weighted by atomic mass is 9.80. The first-order valence-corrected chi connectivity index (χ1v) is 13.1. The van der Waals surface area contributed by atoms with Crippen LogP contribution in [0.25, 0.3) is 0 Å². The smallest absolute Gasteiger partial charge is 0.224 e. The summed E-state index contributed by atoms with van der Waals surface area (Å²) >= 11 is 0. The highest BCUT2D eigenvalue weighted by molar-refractivity contribution is 5.79. The fourth-order valence-electron chi connectivity index (χ4n) is 6.24. The molecule has 33 heavy (non-hydrogen) atoms. The van der Waals surface area contributed by atoms with Gasteiger partial charge in [-0.25, -0.2) is 10.9 Å². The topological polar surface area (TPSA) is 122 Å². The minimum absolute atomic E-state index is 0.0261. The first-order chi connectivity index (χ1) is 16.2. The number of amides is 1. The van der Waals surface area contributed by atoms with Crippen molar-refractivity contribution in [3.05, 3.63) is 0 Å². The lowest BCUT2D eigenvalue weighted by Crippen LogP contribution is -2.50. The van der Waals surface area contributed by atoms with E-state index in [-0.39, 0.29) is 30.0 Å². The molecule has 4 fully saturated rings. The van der Waals surface area contributed by atoms with Gasteiger partial charge in [0.2, 0.25) is 5.91 Å². The zero-order valence-corrected chi connectivity index (χ0v) is 20.1. The molecule has 1 amide bonds. The van der Waals surface area contributed by atoms with Gasteiger partial charge < -0.3 is 20.7 Å². The number of hydrogen-bond donors (Lipinski definition) is 6. The number of hydrogen-bond acceptors (Lipinski definition) is 8. The normalized spacial score (nSPS) is 36.7. The van der Waals surface area contributed by atoms with Gasteiger partial charge in [-0.1, -0.05) is 19.3 Å². The van der Waals surface area contributed by atoms with Crippen molar-refractivity contribution in [1.82, 2.24) is 32.1 Å². The minimum atomic E-state index is -0.457. The molecule has 2 saturated carbocycles. The summed E-state index contributed by atoms with van der Waals surface area (Å²) in [4.78, 5) is 13.1. The number of rotatable bonds is 8. The van der Waals surface area contributed by atoms with Gasteiger partial charge in [0, 0.05) is 31.5 Å². The number of ether oxygens (including phenoxy) is 1. The Kier molecular flexibility index (Phi) is 9.35. The molecule has 2 aliphatic heterocycles. The highest BCUT2D eigenvalue weighted by Gasteiger charge is 2.36. The van der Waals surface area contributed by atoms with Crippen LogP contribution in [0.1, 0.15) is 64.2 Å². The van der Waals surface area contributed by atoms with Crippen molar-refractivity contribution in [2.45, 2.75) is 94.7 Å². The molecule has 0 radical (unpaired) electrons. The van der Waals surface area contributed by atoms with Gasteiger partial charge in [0.25, 0.3) is 0 Å². The molecule has 0 aromatic heterocycles. The number of carbonyl (C=O) groups excluding carboxylic acids is 1. The van der Waals surface area contributed by atoms with Crippen LogP contribution >= 0.6 is 0 Å². The van der Waals surface area contributed by atoms with Gasteiger partial charge in [0.1, 0.15) is 6.04 Å². The van der Waals surface area contributed by atoms with Gasteiger partial charge >= 0.3 is 0 Å². The molecule has 9 heteroatoms. The summed E-state index contributed by atoms with van der Waals surface area (Å²) < 4.78 is 5.63. The molecule has 9 nitrogen and oxygen atoms in total. The van der Waals surface area contributed by atoms with E-state index in [1.54, 1.807) is 7.11 Å². The summed E-state index contributed by atoms with van der Waals surface area (Å²) in [6.07, 6.45) is 11.0. The number of piperidine rings is 1. The van der Waals surface area contributed by atoms with Crippen LogP contribution in [-0.2, 0) is 9.53 Å². The lowest BCUT2D eigenvalue weighted by Gasteiger charge is -2.35. The Morgan fingerprint density at radius 2 is 1.91 bits per heavy atom. The zero-order valence-electron chi connectivity index (χ0n) is 20.1. The van der Waals surface area contributed by atoms with E-state index in [9.17, 15) is 10.1 Å². The number of hydrazine groups is 1. The lowest BCUT2D eigenvalue weighted by molar-refractivity contribution is -0.127. The van der Waals surface area contributed by atoms with Crippen molar-refractivity contribution in [1.29, 1.82) is 5.26 Å². The maximum Gasteiger partial charge on any atom is 0.224 e. The van der Waals surface area contributed by atoms with E-state index in [1.165, 1.54) is 12.8 Å². The summed E-state index contributed by atoms with van der Waals surface area (Å²) in [6.45, 7) is 3.02. The highest BCUT2D eigenvalue weighted by atomic mass is 16.5. The Bertz CT molecular complexity index is 666. The molecule has 7 atom stereocenters. The molecule has 0 aromatic rings. The number of nitrogens with zero attached hydrogens (tertiary/aromatic N) is 1. The van der Waals surface area contributed by atoms with Crippen molar-refractivity contribution in [2.75, 3.05) is 26.7 Å². The summed E-state index contributed by atoms with van der Waals surface area (Å²) in [5.74, 6) is 0.761. The van der Waals surface area contributed by atoms with E-state index in [2.05, 4.69) is 38.2 Å². The van der Waals surface area contributed by atoms with E-state index in [0.717, 1.165) is 71.0 Å².